The lowest BCUT2D eigenvalue weighted by Gasteiger charge is -2.29. The minimum absolute atomic E-state index is 0.160. The number of nitrogens with zero attached hydrogens (tertiary/aromatic N) is 1. The van der Waals surface area contributed by atoms with Gasteiger partial charge in [0.15, 0.2) is 5.75 Å². The Bertz CT molecular complexity index is 586. The number of nitrogens with one attached hydrogen (secondary N) is 1. The molecule has 120 valence electrons. The van der Waals surface area contributed by atoms with Crippen molar-refractivity contribution in [3.63, 3.8) is 0 Å². The number of nitro groups is 1. The number of amides is 1. The van der Waals surface area contributed by atoms with Gasteiger partial charge in [0.05, 0.1) is 17.1 Å². The van der Waals surface area contributed by atoms with Gasteiger partial charge >= 0.3 is 5.69 Å². The van der Waals surface area contributed by atoms with E-state index in [9.17, 15) is 14.9 Å². The molecule has 0 aromatic heterocycles. The van der Waals surface area contributed by atoms with Crippen LogP contribution in [0.5, 0.6) is 5.75 Å². The molecule has 0 radical (unpaired) electrons. The number of nitro benzene ring substituents is 1. The zero-order chi connectivity index (χ0) is 16.3. The lowest BCUT2D eigenvalue weighted by Crippen LogP contribution is -2.53. The second-order valence-electron chi connectivity index (χ2n) is 5.72. The van der Waals surface area contributed by atoms with Crippen LogP contribution in [0.1, 0.15) is 37.0 Å². The summed E-state index contributed by atoms with van der Waals surface area (Å²) in [4.78, 5) is 22.9. The predicted molar refractivity (Wildman–Crippen MR) is 81.9 cm³/mol. The van der Waals surface area contributed by atoms with Gasteiger partial charge in [0.25, 0.3) is 5.91 Å². The van der Waals surface area contributed by atoms with E-state index in [4.69, 9.17) is 10.5 Å². The molecular weight excluding hydrogens is 286 g/mol. The maximum Gasteiger partial charge on any atom is 0.311 e. The van der Waals surface area contributed by atoms with E-state index in [-0.39, 0.29) is 22.9 Å². The molecule has 0 bridgehead atoms. The Morgan fingerprint density at radius 2 is 2.23 bits per heavy atom. The molecule has 0 saturated heterocycles. The van der Waals surface area contributed by atoms with Crippen LogP contribution in [-0.4, -0.2) is 29.5 Å². The third kappa shape index (κ3) is 3.36. The first kappa shape index (κ1) is 16.2. The zero-order valence-corrected chi connectivity index (χ0v) is 12.8. The fourth-order valence-electron chi connectivity index (χ4n) is 2.45. The van der Waals surface area contributed by atoms with E-state index in [2.05, 4.69) is 5.32 Å². The normalized spacial score (nSPS) is 16.7. The Balaban J connectivity index is 2.22. The summed E-state index contributed by atoms with van der Waals surface area (Å²) in [6.07, 6.45) is 2.08. The van der Waals surface area contributed by atoms with Gasteiger partial charge in [-0.3, -0.25) is 14.9 Å². The maximum absolute atomic E-state index is 12.4. The van der Waals surface area contributed by atoms with Crippen LogP contribution in [0.2, 0.25) is 0 Å². The summed E-state index contributed by atoms with van der Waals surface area (Å²) in [5, 5.41) is 14.0. The Labute approximate surface area is 129 Å². The Kier molecular flexibility index (Phi) is 4.65. The Morgan fingerprint density at radius 3 is 2.73 bits per heavy atom. The van der Waals surface area contributed by atoms with Gasteiger partial charge in [0, 0.05) is 18.2 Å². The molecule has 7 nitrogen and oxygen atoms in total. The molecule has 1 aromatic carbocycles. The minimum atomic E-state index is -0.551. The molecule has 1 unspecified atom stereocenters. The smallest absolute Gasteiger partial charge is 0.311 e. The summed E-state index contributed by atoms with van der Waals surface area (Å²) in [7, 11) is 0. The molecule has 0 heterocycles. The van der Waals surface area contributed by atoms with E-state index in [0.29, 0.717) is 19.1 Å². The number of benzene rings is 1. The number of carbonyl (C=O) groups is 1. The van der Waals surface area contributed by atoms with Crippen molar-refractivity contribution in [2.24, 2.45) is 11.7 Å². The molecule has 2 rings (SSSR count). The summed E-state index contributed by atoms with van der Waals surface area (Å²) in [5.74, 6) is 0.179. The van der Waals surface area contributed by atoms with Crippen LogP contribution >= 0.6 is 0 Å². The average molecular weight is 307 g/mol. The lowest BCUT2D eigenvalue weighted by molar-refractivity contribution is -0.385. The summed E-state index contributed by atoms with van der Waals surface area (Å²) in [6, 6.07) is 4.22. The Hall–Kier alpha value is -2.15. The minimum Gasteiger partial charge on any atom is -0.487 e. The third-order valence-electron chi connectivity index (χ3n) is 4.02. The monoisotopic (exact) mass is 307 g/mol. The molecule has 1 amide bonds. The SMILES string of the molecule is CCOc1ccc(C(=O)NC(C)(CN)C2CC2)cc1[N+](=O)[O-]. The molecule has 1 aromatic rings. The van der Waals surface area contributed by atoms with Gasteiger partial charge in [0.1, 0.15) is 0 Å². The molecule has 3 N–H and O–H groups in total. The zero-order valence-electron chi connectivity index (χ0n) is 12.8. The van der Waals surface area contributed by atoms with Crippen molar-refractivity contribution < 1.29 is 14.5 Å². The highest BCUT2D eigenvalue weighted by Crippen LogP contribution is 2.39. The van der Waals surface area contributed by atoms with E-state index < -0.39 is 10.5 Å². The van der Waals surface area contributed by atoms with Crippen molar-refractivity contribution in [2.75, 3.05) is 13.2 Å². The van der Waals surface area contributed by atoms with Crippen molar-refractivity contribution in [2.45, 2.75) is 32.2 Å². The van der Waals surface area contributed by atoms with Crippen LogP contribution in [0.3, 0.4) is 0 Å². The third-order valence-corrected chi connectivity index (χ3v) is 4.02. The van der Waals surface area contributed by atoms with E-state index in [0.717, 1.165) is 12.8 Å². The summed E-state index contributed by atoms with van der Waals surface area (Å²) < 4.78 is 5.21. The van der Waals surface area contributed by atoms with Crippen molar-refractivity contribution in [1.82, 2.24) is 5.32 Å². The number of carbonyl (C=O) groups excluding carboxylic acids is 1. The van der Waals surface area contributed by atoms with Gasteiger partial charge < -0.3 is 15.8 Å². The first-order valence-electron chi connectivity index (χ1n) is 7.35. The molecule has 1 saturated carbocycles. The van der Waals surface area contributed by atoms with Crippen molar-refractivity contribution in [1.29, 1.82) is 0 Å². The van der Waals surface area contributed by atoms with Gasteiger partial charge in [-0.25, -0.2) is 0 Å². The molecule has 22 heavy (non-hydrogen) atoms. The van der Waals surface area contributed by atoms with Crippen molar-refractivity contribution in [3.05, 3.63) is 33.9 Å². The number of rotatable bonds is 7. The molecule has 0 spiro atoms. The molecular formula is C15H21N3O4. The van der Waals surface area contributed by atoms with E-state index in [1.807, 2.05) is 6.92 Å². The lowest BCUT2D eigenvalue weighted by atomic mass is 9.95. The maximum atomic E-state index is 12.4. The highest BCUT2D eigenvalue weighted by atomic mass is 16.6. The van der Waals surface area contributed by atoms with Gasteiger partial charge in [-0.2, -0.15) is 0 Å². The summed E-state index contributed by atoms with van der Waals surface area (Å²) >= 11 is 0. The fourth-order valence-corrected chi connectivity index (χ4v) is 2.45. The van der Waals surface area contributed by atoms with Crippen LogP contribution in [0.4, 0.5) is 5.69 Å². The standard InChI is InChI=1S/C15H21N3O4/c1-3-22-13-7-4-10(8-12(13)18(20)21)14(19)17-15(2,9-16)11-5-6-11/h4,7-8,11H,3,5-6,9,16H2,1-2H3,(H,17,19). The number of ether oxygens (including phenoxy) is 1. The highest BCUT2D eigenvalue weighted by Gasteiger charge is 2.41. The van der Waals surface area contributed by atoms with Crippen LogP contribution in [0, 0.1) is 16.0 Å². The molecule has 1 aliphatic rings. The average Bonchev–Trinajstić information content (AvgIpc) is 3.32. The highest BCUT2D eigenvalue weighted by molar-refractivity contribution is 5.95. The van der Waals surface area contributed by atoms with E-state index >= 15 is 0 Å². The first-order valence-corrected chi connectivity index (χ1v) is 7.35. The van der Waals surface area contributed by atoms with E-state index in [1.165, 1.54) is 18.2 Å². The fraction of sp³-hybridized carbons (Fsp3) is 0.533. The summed E-state index contributed by atoms with van der Waals surface area (Å²) in [6.45, 7) is 4.31. The second-order valence-corrected chi connectivity index (χ2v) is 5.72. The van der Waals surface area contributed by atoms with Gasteiger partial charge in [-0.05, 0) is 44.7 Å². The van der Waals surface area contributed by atoms with Gasteiger partial charge in [0.2, 0.25) is 0 Å². The molecule has 1 aliphatic carbocycles. The van der Waals surface area contributed by atoms with E-state index in [1.54, 1.807) is 6.92 Å². The number of hydrogen-bond donors (Lipinski definition) is 2. The second kappa shape index (κ2) is 6.31. The number of nitrogens with two attached hydrogens (primary N) is 1. The molecule has 0 aliphatic heterocycles. The quantitative estimate of drug-likeness (QED) is 0.590. The van der Waals surface area contributed by atoms with Crippen molar-refractivity contribution in [3.8, 4) is 5.75 Å². The summed E-state index contributed by atoms with van der Waals surface area (Å²) in [5.41, 5.74) is 5.32. The number of hydrogen-bond acceptors (Lipinski definition) is 5. The van der Waals surface area contributed by atoms with Crippen LogP contribution in [0.25, 0.3) is 0 Å². The largest absolute Gasteiger partial charge is 0.487 e. The molecule has 1 fully saturated rings. The first-order chi connectivity index (χ1) is 10.4. The molecule has 1 atom stereocenters. The van der Waals surface area contributed by atoms with Crippen LogP contribution < -0.4 is 15.8 Å². The molecule has 7 heteroatoms. The predicted octanol–water partition coefficient (Wildman–Crippen LogP) is 1.85. The van der Waals surface area contributed by atoms with Gasteiger partial charge in [-0.1, -0.05) is 0 Å². The van der Waals surface area contributed by atoms with Gasteiger partial charge in [-0.15, -0.1) is 0 Å². The van der Waals surface area contributed by atoms with Crippen LogP contribution in [-0.2, 0) is 0 Å². The Morgan fingerprint density at radius 1 is 1.55 bits per heavy atom. The van der Waals surface area contributed by atoms with Crippen molar-refractivity contribution >= 4 is 11.6 Å². The van der Waals surface area contributed by atoms with Crippen LogP contribution in [0.15, 0.2) is 18.2 Å². The topological polar surface area (TPSA) is 107 Å².